The molecular weight excluding hydrogens is 476 g/mol. The predicted molar refractivity (Wildman–Crippen MR) is 112 cm³/mol. The van der Waals surface area contributed by atoms with Crippen molar-refractivity contribution in [2.24, 2.45) is 0 Å². The van der Waals surface area contributed by atoms with Gasteiger partial charge in [-0.25, -0.2) is 0 Å². The number of nitro benzene ring substituents is 1. The molecule has 0 spiro atoms. The molecule has 15 heteroatoms. The number of aliphatic hydroxyl groups is 6. The van der Waals surface area contributed by atoms with Crippen LogP contribution in [-0.2, 0) is 19.0 Å². The van der Waals surface area contributed by atoms with E-state index in [1.165, 1.54) is 12.1 Å². The minimum atomic E-state index is -1.73. The summed E-state index contributed by atoms with van der Waals surface area (Å²) >= 11 is 0. The zero-order valence-corrected chi connectivity index (χ0v) is 18.5. The van der Waals surface area contributed by atoms with Crippen molar-refractivity contribution in [1.82, 2.24) is 5.32 Å². The van der Waals surface area contributed by atoms with Gasteiger partial charge in [-0.1, -0.05) is 0 Å². The highest BCUT2D eigenvalue weighted by Gasteiger charge is 2.51. The molecule has 3 rings (SSSR count). The predicted octanol–water partition coefficient (Wildman–Crippen LogP) is -3.26. The highest BCUT2D eigenvalue weighted by atomic mass is 16.7. The van der Waals surface area contributed by atoms with Crippen LogP contribution in [0.5, 0.6) is 5.75 Å². The molecule has 0 aliphatic carbocycles. The number of nitrogens with zero attached hydrogens (tertiary/aromatic N) is 1. The van der Waals surface area contributed by atoms with Crippen molar-refractivity contribution in [3.8, 4) is 5.75 Å². The van der Waals surface area contributed by atoms with E-state index in [-0.39, 0.29) is 11.4 Å². The number of ether oxygens (including phenoxy) is 4. The van der Waals surface area contributed by atoms with Crippen LogP contribution in [0.3, 0.4) is 0 Å². The van der Waals surface area contributed by atoms with Crippen LogP contribution in [0.15, 0.2) is 24.3 Å². The first-order valence-electron chi connectivity index (χ1n) is 10.7. The van der Waals surface area contributed by atoms with E-state index in [2.05, 4.69) is 5.32 Å². The fourth-order valence-corrected chi connectivity index (χ4v) is 3.84. The molecule has 0 aromatic heterocycles. The van der Waals surface area contributed by atoms with E-state index >= 15 is 0 Å². The molecular formula is C20H28N2O13. The van der Waals surface area contributed by atoms with Gasteiger partial charge in [0.05, 0.1) is 18.1 Å². The lowest BCUT2D eigenvalue weighted by Crippen LogP contribution is -2.67. The quantitative estimate of drug-likeness (QED) is 0.136. The maximum Gasteiger partial charge on any atom is 0.269 e. The topological polar surface area (TPSA) is 231 Å². The molecule has 2 saturated heterocycles. The summed E-state index contributed by atoms with van der Waals surface area (Å²) in [6.45, 7) is -0.278. The third-order valence-electron chi connectivity index (χ3n) is 5.66. The molecule has 1 aromatic rings. The Labute approximate surface area is 198 Å². The highest BCUT2D eigenvalue weighted by molar-refractivity contribution is 5.73. The number of hydrogen-bond donors (Lipinski definition) is 7. The van der Waals surface area contributed by atoms with E-state index < -0.39 is 85.4 Å². The van der Waals surface area contributed by atoms with Gasteiger partial charge in [-0.3, -0.25) is 14.9 Å². The van der Waals surface area contributed by atoms with Gasteiger partial charge in [-0.05, 0) is 12.1 Å². The summed E-state index contributed by atoms with van der Waals surface area (Å²) in [5.74, 6) is -0.524. The highest BCUT2D eigenvalue weighted by Crippen LogP contribution is 2.30. The Hall–Kier alpha value is -2.47. The zero-order chi connectivity index (χ0) is 25.9. The lowest BCUT2D eigenvalue weighted by atomic mass is 9.95. The van der Waals surface area contributed by atoms with Crippen LogP contribution in [-0.4, -0.2) is 116 Å². The Balaban J connectivity index is 1.75. The van der Waals surface area contributed by atoms with Gasteiger partial charge < -0.3 is 54.9 Å². The number of aliphatic hydroxyl groups excluding tert-OH is 6. The number of hydrogen-bond acceptors (Lipinski definition) is 13. The molecule has 0 radical (unpaired) electrons. The summed E-state index contributed by atoms with van der Waals surface area (Å²) in [6.07, 6.45) is -13.7. The second kappa shape index (κ2) is 11.5. The van der Waals surface area contributed by atoms with Crippen molar-refractivity contribution in [3.05, 3.63) is 34.4 Å². The number of nitrogens with one attached hydrogen (secondary N) is 1. The second-order valence-corrected chi connectivity index (χ2v) is 8.11. The molecule has 2 aliphatic heterocycles. The molecule has 196 valence electrons. The van der Waals surface area contributed by atoms with E-state index in [1.807, 2.05) is 0 Å². The Morgan fingerprint density at radius 3 is 2.11 bits per heavy atom. The van der Waals surface area contributed by atoms with Crippen molar-refractivity contribution in [3.63, 3.8) is 0 Å². The van der Waals surface area contributed by atoms with Crippen LogP contribution in [0, 0.1) is 10.1 Å². The van der Waals surface area contributed by atoms with Gasteiger partial charge in [0, 0.05) is 19.1 Å². The fourth-order valence-electron chi connectivity index (χ4n) is 3.84. The number of carbonyl (C=O) groups is 1. The SMILES string of the molecule is CC(=O)N[C@H]1[C@H](O[C@H]2[C@H](O)[C@H](O)[C@H](Oc3ccc([N+](=O)[O-])cc3)O[C@@H]2CO)O[C@H](CO)[C@@H](O)[C@@H]1O. The summed E-state index contributed by atoms with van der Waals surface area (Å²) in [6, 6.07) is 3.51. The number of benzene rings is 1. The standard InChI is InChI=1S/C20H28N2O13/c1-8(25)21-13-15(27)14(26)11(6-23)33-19(13)35-18-12(7-24)34-20(17(29)16(18)28)32-10-4-2-9(3-5-10)22(30)31/h2-5,11-20,23-24,26-29H,6-7H2,1H3,(H,21,25)/t11-,12-,13-,14-,15-,16-,17+,18-,19+,20-/m1/s1. The largest absolute Gasteiger partial charge is 0.462 e. The van der Waals surface area contributed by atoms with Gasteiger partial charge in [0.2, 0.25) is 12.2 Å². The van der Waals surface area contributed by atoms with E-state index in [0.29, 0.717) is 0 Å². The smallest absolute Gasteiger partial charge is 0.269 e. The van der Waals surface area contributed by atoms with Crippen LogP contribution < -0.4 is 10.1 Å². The lowest BCUT2D eigenvalue weighted by molar-refractivity contribution is -0.384. The van der Waals surface area contributed by atoms with Gasteiger partial charge in [-0.15, -0.1) is 0 Å². The van der Waals surface area contributed by atoms with Gasteiger partial charge >= 0.3 is 0 Å². The van der Waals surface area contributed by atoms with E-state index in [9.17, 15) is 45.5 Å². The summed E-state index contributed by atoms with van der Waals surface area (Å²) < 4.78 is 22.1. The Morgan fingerprint density at radius 2 is 1.57 bits per heavy atom. The van der Waals surface area contributed by atoms with Crippen LogP contribution in [0.2, 0.25) is 0 Å². The summed E-state index contributed by atoms with van der Waals surface area (Å²) in [4.78, 5) is 21.8. The third kappa shape index (κ3) is 6.03. The average Bonchev–Trinajstić information content (AvgIpc) is 2.83. The normalized spacial score (nSPS) is 37.5. The molecule has 0 bridgehead atoms. The Bertz CT molecular complexity index is 869. The molecule has 2 heterocycles. The van der Waals surface area contributed by atoms with Gasteiger partial charge in [0.25, 0.3) is 5.69 Å². The van der Waals surface area contributed by atoms with E-state index in [1.54, 1.807) is 0 Å². The average molecular weight is 504 g/mol. The van der Waals surface area contributed by atoms with Crippen molar-refractivity contribution < 1.29 is 59.3 Å². The summed E-state index contributed by atoms with van der Waals surface area (Å²) in [5.41, 5.74) is -0.195. The number of carbonyl (C=O) groups excluding carboxylic acids is 1. The molecule has 1 amide bonds. The molecule has 2 fully saturated rings. The summed E-state index contributed by atoms with van der Waals surface area (Å²) in [5, 5.41) is 74.2. The van der Waals surface area contributed by atoms with Crippen molar-refractivity contribution in [1.29, 1.82) is 0 Å². The molecule has 10 atom stereocenters. The fraction of sp³-hybridized carbons (Fsp3) is 0.650. The van der Waals surface area contributed by atoms with Gasteiger partial charge in [-0.2, -0.15) is 0 Å². The molecule has 0 saturated carbocycles. The third-order valence-corrected chi connectivity index (χ3v) is 5.66. The monoisotopic (exact) mass is 504 g/mol. The number of rotatable bonds is 8. The zero-order valence-electron chi connectivity index (χ0n) is 18.5. The lowest BCUT2D eigenvalue weighted by Gasteiger charge is -2.47. The molecule has 2 aliphatic rings. The van der Waals surface area contributed by atoms with Crippen LogP contribution >= 0.6 is 0 Å². The number of amides is 1. The van der Waals surface area contributed by atoms with E-state index in [0.717, 1.165) is 19.1 Å². The van der Waals surface area contributed by atoms with Gasteiger partial charge in [0.15, 0.2) is 6.29 Å². The molecule has 7 N–H and O–H groups in total. The molecule has 35 heavy (non-hydrogen) atoms. The van der Waals surface area contributed by atoms with Crippen LogP contribution in [0.4, 0.5) is 5.69 Å². The minimum absolute atomic E-state index is 0.0761. The van der Waals surface area contributed by atoms with Crippen LogP contribution in [0.25, 0.3) is 0 Å². The van der Waals surface area contributed by atoms with Gasteiger partial charge in [0.1, 0.15) is 54.5 Å². The van der Waals surface area contributed by atoms with Crippen LogP contribution in [0.1, 0.15) is 6.92 Å². The van der Waals surface area contributed by atoms with Crippen molar-refractivity contribution in [2.45, 2.75) is 68.3 Å². The number of non-ortho nitro benzene ring substituents is 1. The first-order chi connectivity index (χ1) is 16.6. The van der Waals surface area contributed by atoms with E-state index in [4.69, 9.17) is 18.9 Å². The van der Waals surface area contributed by atoms with Crippen molar-refractivity contribution >= 4 is 11.6 Å². The molecule has 1 aromatic carbocycles. The second-order valence-electron chi connectivity index (χ2n) is 8.11. The summed E-state index contributed by atoms with van der Waals surface area (Å²) in [7, 11) is 0. The van der Waals surface area contributed by atoms with Crippen molar-refractivity contribution in [2.75, 3.05) is 13.2 Å². The molecule has 15 nitrogen and oxygen atoms in total. The number of nitro groups is 1. The first-order valence-corrected chi connectivity index (χ1v) is 10.7. The minimum Gasteiger partial charge on any atom is -0.462 e. The Morgan fingerprint density at radius 1 is 0.971 bits per heavy atom. The maximum atomic E-state index is 11.6. The maximum absolute atomic E-state index is 11.6. The first kappa shape index (κ1) is 27.1. The molecule has 0 unspecified atom stereocenters. The Kier molecular flexibility index (Phi) is 8.92.